The van der Waals surface area contributed by atoms with Gasteiger partial charge in [0.25, 0.3) is 5.69 Å². The van der Waals surface area contributed by atoms with Crippen molar-refractivity contribution in [2.45, 2.75) is 26.3 Å². The summed E-state index contributed by atoms with van der Waals surface area (Å²) in [6.07, 6.45) is 1.99. The Kier molecular flexibility index (Phi) is 3.74. The molecule has 1 unspecified atom stereocenters. The van der Waals surface area contributed by atoms with Gasteiger partial charge in [0.1, 0.15) is 5.69 Å². The summed E-state index contributed by atoms with van der Waals surface area (Å²) in [6, 6.07) is 2.91. The lowest BCUT2D eigenvalue weighted by molar-refractivity contribution is -0.386. The molecule has 1 heterocycles. The Bertz CT molecular complexity index is 352. The molecule has 0 bridgehead atoms. The van der Waals surface area contributed by atoms with Crippen molar-refractivity contribution >= 4 is 5.69 Å². The first-order valence-corrected chi connectivity index (χ1v) is 4.86. The van der Waals surface area contributed by atoms with E-state index in [-0.39, 0.29) is 17.6 Å². The van der Waals surface area contributed by atoms with Crippen molar-refractivity contribution in [3.8, 4) is 0 Å². The number of nitrogens with two attached hydrogens (primary N) is 1. The van der Waals surface area contributed by atoms with Crippen LogP contribution < -0.4 is 5.73 Å². The van der Waals surface area contributed by atoms with Crippen LogP contribution in [-0.4, -0.2) is 15.9 Å². The molecule has 0 amide bonds. The van der Waals surface area contributed by atoms with Gasteiger partial charge >= 0.3 is 0 Å². The zero-order valence-corrected chi connectivity index (χ0v) is 8.88. The highest BCUT2D eigenvalue weighted by molar-refractivity contribution is 5.34. The van der Waals surface area contributed by atoms with Crippen LogP contribution in [0.2, 0.25) is 0 Å². The monoisotopic (exact) mass is 209 g/mol. The van der Waals surface area contributed by atoms with Crippen molar-refractivity contribution in [2.24, 2.45) is 11.7 Å². The quantitative estimate of drug-likeness (QED) is 0.602. The van der Waals surface area contributed by atoms with E-state index < -0.39 is 4.92 Å². The summed E-state index contributed by atoms with van der Waals surface area (Å²) in [5, 5.41) is 10.7. The van der Waals surface area contributed by atoms with E-state index in [9.17, 15) is 10.1 Å². The minimum atomic E-state index is -0.421. The Balaban J connectivity index is 2.89. The number of rotatable bonds is 4. The van der Waals surface area contributed by atoms with Gasteiger partial charge in [-0.1, -0.05) is 13.8 Å². The summed E-state index contributed by atoms with van der Waals surface area (Å²) in [6.45, 7) is 3.97. The Morgan fingerprint density at radius 3 is 2.80 bits per heavy atom. The fourth-order valence-electron chi connectivity index (χ4n) is 1.21. The van der Waals surface area contributed by atoms with Crippen LogP contribution in [0.15, 0.2) is 18.3 Å². The third-order valence-corrected chi connectivity index (χ3v) is 2.35. The van der Waals surface area contributed by atoms with Gasteiger partial charge in [-0.05, 0) is 12.0 Å². The molecule has 1 aromatic rings. The Hall–Kier alpha value is -1.49. The summed E-state index contributed by atoms with van der Waals surface area (Å²) >= 11 is 0. The highest BCUT2D eigenvalue weighted by Gasteiger charge is 2.18. The van der Waals surface area contributed by atoms with Crippen LogP contribution in [-0.2, 0) is 6.42 Å². The van der Waals surface area contributed by atoms with Crippen LogP contribution in [0, 0.1) is 16.0 Å². The average Bonchev–Trinajstić information content (AvgIpc) is 2.18. The van der Waals surface area contributed by atoms with Crippen LogP contribution in [0.3, 0.4) is 0 Å². The molecule has 0 spiro atoms. The lowest BCUT2D eigenvalue weighted by Crippen LogP contribution is -2.29. The van der Waals surface area contributed by atoms with Gasteiger partial charge in [-0.15, -0.1) is 0 Å². The smallest absolute Gasteiger partial charge is 0.290 e. The fourth-order valence-corrected chi connectivity index (χ4v) is 1.21. The molecule has 0 aliphatic heterocycles. The molecular formula is C10H15N3O2. The third-order valence-electron chi connectivity index (χ3n) is 2.35. The molecule has 5 heteroatoms. The van der Waals surface area contributed by atoms with Gasteiger partial charge in [-0.25, -0.2) is 0 Å². The van der Waals surface area contributed by atoms with E-state index in [1.807, 2.05) is 13.8 Å². The second-order valence-corrected chi connectivity index (χ2v) is 3.84. The largest absolute Gasteiger partial charge is 0.327 e. The van der Waals surface area contributed by atoms with Gasteiger partial charge in [0.2, 0.25) is 0 Å². The molecule has 0 aromatic carbocycles. The van der Waals surface area contributed by atoms with E-state index in [4.69, 9.17) is 5.73 Å². The maximum atomic E-state index is 10.7. The van der Waals surface area contributed by atoms with Gasteiger partial charge in [-0.3, -0.25) is 15.1 Å². The molecular weight excluding hydrogens is 194 g/mol. The standard InChI is InChI=1S/C10H15N3O2/c1-7(2)8(11)6-9-10(13(14)15)4-3-5-12-9/h3-5,7-8H,6,11H2,1-2H3. The molecule has 0 fully saturated rings. The molecule has 0 saturated heterocycles. The minimum Gasteiger partial charge on any atom is -0.327 e. The number of nitrogens with zero attached hydrogens (tertiary/aromatic N) is 2. The Labute approximate surface area is 88.5 Å². The van der Waals surface area contributed by atoms with Crippen molar-refractivity contribution in [3.05, 3.63) is 34.1 Å². The molecule has 2 N–H and O–H groups in total. The zero-order valence-electron chi connectivity index (χ0n) is 8.88. The molecule has 1 atom stereocenters. The second kappa shape index (κ2) is 4.84. The molecule has 0 aliphatic carbocycles. The van der Waals surface area contributed by atoms with Crippen molar-refractivity contribution in [1.82, 2.24) is 4.98 Å². The van der Waals surface area contributed by atoms with E-state index in [1.54, 1.807) is 12.3 Å². The van der Waals surface area contributed by atoms with Crippen LogP contribution >= 0.6 is 0 Å². The SMILES string of the molecule is CC(C)C(N)Cc1ncccc1[N+](=O)[O-]. The maximum Gasteiger partial charge on any atom is 0.290 e. The highest BCUT2D eigenvalue weighted by atomic mass is 16.6. The number of hydrogen-bond donors (Lipinski definition) is 1. The minimum absolute atomic E-state index is 0.0496. The normalized spacial score (nSPS) is 12.8. The second-order valence-electron chi connectivity index (χ2n) is 3.84. The lowest BCUT2D eigenvalue weighted by atomic mass is 9.99. The van der Waals surface area contributed by atoms with E-state index in [1.165, 1.54) is 6.07 Å². The number of aromatic nitrogens is 1. The lowest BCUT2D eigenvalue weighted by Gasteiger charge is -2.14. The summed E-state index contributed by atoms with van der Waals surface area (Å²) in [5.41, 5.74) is 6.37. The predicted octanol–water partition coefficient (Wildman–Crippen LogP) is 1.52. The maximum absolute atomic E-state index is 10.7. The van der Waals surface area contributed by atoms with E-state index >= 15 is 0 Å². The molecule has 1 rings (SSSR count). The number of pyridine rings is 1. The molecule has 15 heavy (non-hydrogen) atoms. The van der Waals surface area contributed by atoms with Gasteiger partial charge in [0, 0.05) is 24.7 Å². The molecule has 0 saturated carbocycles. The predicted molar refractivity (Wildman–Crippen MR) is 57.4 cm³/mol. The van der Waals surface area contributed by atoms with Crippen LogP contribution in [0.5, 0.6) is 0 Å². The summed E-state index contributed by atoms with van der Waals surface area (Å²) in [7, 11) is 0. The fraction of sp³-hybridized carbons (Fsp3) is 0.500. The molecule has 0 aliphatic rings. The third kappa shape index (κ3) is 2.99. The zero-order chi connectivity index (χ0) is 11.4. The van der Waals surface area contributed by atoms with Crippen molar-refractivity contribution in [3.63, 3.8) is 0 Å². The summed E-state index contributed by atoms with van der Waals surface area (Å²) < 4.78 is 0. The Morgan fingerprint density at radius 2 is 2.27 bits per heavy atom. The average molecular weight is 209 g/mol. The van der Waals surface area contributed by atoms with Crippen molar-refractivity contribution in [1.29, 1.82) is 0 Å². The molecule has 0 radical (unpaired) electrons. The first kappa shape index (κ1) is 11.6. The first-order valence-electron chi connectivity index (χ1n) is 4.86. The van der Waals surface area contributed by atoms with Gasteiger partial charge < -0.3 is 5.73 Å². The van der Waals surface area contributed by atoms with Crippen molar-refractivity contribution < 1.29 is 4.92 Å². The molecule has 1 aromatic heterocycles. The Morgan fingerprint density at radius 1 is 1.60 bits per heavy atom. The van der Waals surface area contributed by atoms with Crippen molar-refractivity contribution in [2.75, 3.05) is 0 Å². The van der Waals surface area contributed by atoms with Crippen LogP contribution in [0.4, 0.5) is 5.69 Å². The highest BCUT2D eigenvalue weighted by Crippen LogP contribution is 2.17. The van der Waals surface area contributed by atoms with Gasteiger partial charge in [-0.2, -0.15) is 0 Å². The van der Waals surface area contributed by atoms with Gasteiger partial charge in [0.15, 0.2) is 0 Å². The first-order chi connectivity index (χ1) is 7.02. The van der Waals surface area contributed by atoms with E-state index in [0.29, 0.717) is 12.1 Å². The number of nitro groups is 1. The summed E-state index contributed by atoms with van der Waals surface area (Å²) in [5.74, 6) is 0.284. The van der Waals surface area contributed by atoms with E-state index in [0.717, 1.165) is 0 Å². The number of hydrogen-bond acceptors (Lipinski definition) is 4. The molecule has 5 nitrogen and oxygen atoms in total. The van der Waals surface area contributed by atoms with E-state index in [2.05, 4.69) is 4.98 Å². The summed E-state index contributed by atoms with van der Waals surface area (Å²) in [4.78, 5) is 14.3. The topological polar surface area (TPSA) is 82.0 Å². The van der Waals surface area contributed by atoms with Crippen LogP contribution in [0.1, 0.15) is 19.5 Å². The van der Waals surface area contributed by atoms with Crippen LogP contribution in [0.25, 0.3) is 0 Å². The molecule has 82 valence electrons. The van der Waals surface area contributed by atoms with Gasteiger partial charge in [0.05, 0.1) is 4.92 Å².